The Morgan fingerprint density at radius 1 is 1.11 bits per heavy atom. The van der Waals surface area contributed by atoms with Crippen LogP contribution in [0.1, 0.15) is 43.9 Å². The van der Waals surface area contributed by atoms with E-state index in [1.807, 2.05) is 19.9 Å². The maximum Gasteiger partial charge on any atom is 0.573 e. The van der Waals surface area contributed by atoms with Crippen molar-refractivity contribution in [2.24, 2.45) is 5.16 Å². The second-order valence-corrected chi connectivity index (χ2v) is 10.2. The number of alkyl halides is 3. The predicted molar refractivity (Wildman–Crippen MR) is 125 cm³/mol. The molecule has 1 atom stereocenters. The first-order chi connectivity index (χ1) is 17.0. The highest BCUT2D eigenvalue weighted by Gasteiger charge is 2.32. The third-order valence-corrected chi connectivity index (χ3v) is 7.19. The number of oxime groups is 1. The van der Waals surface area contributed by atoms with Gasteiger partial charge < -0.3 is 14.3 Å². The average Bonchev–Trinajstić information content (AvgIpc) is 2.83. The first kappa shape index (κ1) is 27.4. The van der Waals surface area contributed by atoms with Crippen molar-refractivity contribution in [3.05, 3.63) is 59.7 Å². The fourth-order valence-electron chi connectivity index (χ4n) is 3.45. The second kappa shape index (κ2) is 11.7. The molecule has 0 N–H and O–H groups in total. The topological polar surface area (TPSA) is 101 Å². The maximum absolute atomic E-state index is 12.9. The highest BCUT2D eigenvalue weighted by molar-refractivity contribution is 7.89. The largest absolute Gasteiger partial charge is 0.573 e. The molecule has 0 spiro atoms. The van der Waals surface area contributed by atoms with Gasteiger partial charge in [-0.3, -0.25) is 0 Å². The van der Waals surface area contributed by atoms with Gasteiger partial charge >= 0.3 is 6.36 Å². The Balaban J connectivity index is 1.64. The lowest BCUT2D eigenvalue weighted by molar-refractivity contribution is -0.274. The van der Waals surface area contributed by atoms with E-state index >= 15 is 0 Å². The van der Waals surface area contributed by atoms with Gasteiger partial charge in [-0.25, -0.2) is 8.42 Å². The van der Waals surface area contributed by atoms with Crippen LogP contribution in [0.2, 0.25) is 0 Å². The number of nitrogens with zero attached hydrogens (tertiary/aromatic N) is 3. The highest BCUT2D eigenvalue weighted by Crippen LogP contribution is 2.26. The third-order valence-electron chi connectivity index (χ3n) is 5.27. The standard InChI is InChI=1S/C24H26F3N3O5S/c1-17(2)33-16-23(19-5-3-4-18(14-19)15-28)35-29-20-10-12-30(13-11-20)36(31,32)22-8-6-21(7-9-22)34-24(25,26)27/h3-9,14,17,23H,10-13,16H2,1-2H3. The fourth-order valence-corrected chi connectivity index (χ4v) is 4.89. The zero-order chi connectivity index (χ0) is 26.3. The minimum Gasteiger partial charge on any atom is -0.406 e. The van der Waals surface area contributed by atoms with E-state index < -0.39 is 28.2 Å². The summed E-state index contributed by atoms with van der Waals surface area (Å²) in [5.41, 5.74) is 1.88. The van der Waals surface area contributed by atoms with E-state index in [1.54, 1.807) is 18.2 Å². The van der Waals surface area contributed by atoms with Gasteiger partial charge in [-0.1, -0.05) is 17.3 Å². The van der Waals surface area contributed by atoms with Crippen LogP contribution in [0.3, 0.4) is 0 Å². The van der Waals surface area contributed by atoms with Crippen LogP contribution < -0.4 is 4.74 Å². The van der Waals surface area contributed by atoms with Gasteiger partial charge in [0.05, 0.1) is 35.0 Å². The van der Waals surface area contributed by atoms with Gasteiger partial charge in [0.2, 0.25) is 10.0 Å². The van der Waals surface area contributed by atoms with Crippen LogP contribution in [0.25, 0.3) is 0 Å². The summed E-state index contributed by atoms with van der Waals surface area (Å²) in [6.07, 6.45) is -4.80. The van der Waals surface area contributed by atoms with Crippen LogP contribution in [0.15, 0.2) is 58.6 Å². The van der Waals surface area contributed by atoms with Crippen LogP contribution in [0, 0.1) is 11.3 Å². The summed E-state index contributed by atoms with van der Waals surface area (Å²) in [6, 6.07) is 13.1. The van der Waals surface area contributed by atoms with Gasteiger partial charge in [0.1, 0.15) is 5.75 Å². The van der Waals surface area contributed by atoms with Crippen LogP contribution in [-0.2, 0) is 19.6 Å². The van der Waals surface area contributed by atoms with Gasteiger partial charge in [-0.05, 0) is 55.8 Å². The molecule has 3 rings (SSSR count). The second-order valence-electron chi connectivity index (χ2n) is 8.29. The first-order valence-electron chi connectivity index (χ1n) is 11.2. The molecule has 12 heteroatoms. The minimum absolute atomic E-state index is 0.0366. The summed E-state index contributed by atoms with van der Waals surface area (Å²) in [5.74, 6) is -0.497. The Morgan fingerprint density at radius 2 is 1.78 bits per heavy atom. The van der Waals surface area contributed by atoms with E-state index in [1.165, 1.54) is 4.31 Å². The van der Waals surface area contributed by atoms with Gasteiger partial charge in [-0.15, -0.1) is 13.2 Å². The zero-order valence-electron chi connectivity index (χ0n) is 19.7. The third kappa shape index (κ3) is 7.68. The van der Waals surface area contributed by atoms with Gasteiger partial charge in [0.15, 0.2) is 6.10 Å². The van der Waals surface area contributed by atoms with Crippen LogP contribution >= 0.6 is 0 Å². The number of nitriles is 1. The summed E-state index contributed by atoms with van der Waals surface area (Å²) >= 11 is 0. The van der Waals surface area contributed by atoms with Crippen LogP contribution in [-0.4, -0.2) is 50.6 Å². The number of rotatable bonds is 9. The van der Waals surface area contributed by atoms with Crippen molar-refractivity contribution in [2.75, 3.05) is 19.7 Å². The number of piperidine rings is 1. The van der Waals surface area contributed by atoms with Crippen LogP contribution in [0.5, 0.6) is 5.75 Å². The van der Waals surface area contributed by atoms with Crippen molar-refractivity contribution in [3.63, 3.8) is 0 Å². The molecular formula is C24H26F3N3O5S. The zero-order valence-corrected chi connectivity index (χ0v) is 20.6. The monoisotopic (exact) mass is 525 g/mol. The van der Waals surface area contributed by atoms with Crippen molar-refractivity contribution in [2.45, 2.75) is 50.2 Å². The van der Waals surface area contributed by atoms with Crippen molar-refractivity contribution < 1.29 is 35.9 Å². The summed E-state index contributed by atoms with van der Waals surface area (Å²) < 4.78 is 73.5. The Hall–Kier alpha value is -3.14. The van der Waals surface area contributed by atoms with E-state index in [0.29, 0.717) is 24.1 Å². The molecule has 2 aromatic rings. The Morgan fingerprint density at radius 3 is 2.36 bits per heavy atom. The molecule has 0 radical (unpaired) electrons. The SMILES string of the molecule is CC(C)OCC(ON=C1CCN(S(=O)(=O)c2ccc(OC(F)(F)F)cc2)CC1)c1cccc(C#N)c1. The Bertz CT molecular complexity index is 1200. The lowest BCUT2D eigenvalue weighted by Crippen LogP contribution is -2.38. The molecule has 0 aliphatic carbocycles. The molecule has 8 nitrogen and oxygen atoms in total. The number of benzene rings is 2. The minimum atomic E-state index is -4.86. The van der Waals surface area contributed by atoms with Crippen LogP contribution in [0.4, 0.5) is 13.2 Å². The van der Waals surface area contributed by atoms with Gasteiger partial charge in [0.25, 0.3) is 0 Å². The quantitative estimate of drug-likeness (QED) is 0.437. The van der Waals surface area contributed by atoms with Crippen molar-refractivity contribution in [1.82, 2.24) is 4.31 Å². The first-order valence-corrected chi connectivity index (χ1v) is 12.6. The predicted octanol–water partition coefficient (Wildman–Crippen LogP) is 4.78. The van der Waals surface area contributed by atoms with E-state index in [2.05, 4.69) is 16.0 Å². The van der Waals surface area contributed by atoms with Gasteiger partial charge in [-0.2, -0.15) is 9.57 Å². The average molecular weight is 526 g/mol. The Kier molecular flexibility index (Phi) is 8.94. The summed E-state index contributed by atoms with van der Waals surface area (Å²) in [7, 11) is -3.90. The normalized spacial score (nSPS) is 15.9. The molecule has 0 saturated carbocycles. The molecule has 1 fully saturated rings. The molecule has 1 aliphatic heterocycles. The number of halogens is 3. The molecular weight excluding hydrogens is 499 g/mol. The summed E-state index contributed by atoms with van der Waals surface area (Å²) in [4.78, 5) is 5.63. The summed E-state index contributed by atoms with van der Waals surface area (Å²) in [6.45, 7) is 4.28. The highest BCUT2D eigenvalue weighted by atomic mass is 32.2. The molecule has 0 bridgehead atoms. The molecule has 2 aromatic carbocycles. The van der Waals surface area contributed by atoms with Gasteiger partial charge in [0, 0.05) is 25.9 Å². The number of hydrogen-bond donors (Lipinski definition) is 0. The van der Waals surface area contributed by atoms with Crippen molar-refractivity contribution in [1.29, 1.82) is 5.26 Å². The number of ether oxygens (including phenoxy) is 2. The van der Waals surface area contributed by atoms with E-state index in [-0.39, 0.29) is 30.7 Å². The maximum atomic E-state index is 12.9. The number of sulfonamides is 1. The lowest BCUT2D eigenvalue weighted by atomic mass is 10.1. The van der Waals surface area contributed by atoms with E-state index in [9.17, 15) is 26.9 Å². The van der Waals surface area contributed by atoms with E-state index in [0.717, 1.165) is 29.8 Å². The van der Waals surface area contributed by atoms with E-state index in [4.69, 9.17) is 9.57 Å². The molecule has 0 amide bonds. The molecule has 1 heterocycles. The Labute approximate surface area is 207 Å². The van der Waals surface area contributed by atoms with Crippen molar-refractivity contribution in [3.8, 4) is 11.8 Å². The van der Waals surface area contributed by atoms with Crippen molar-refractivity contribution >= 4 is 15.7 Å². The molecule has 1 aliphatic rings. The fraction of sp³-hybridized carbons (Fsp3) is 0.417. The molecule has 1 unspecified atom stereocenters. The molecule has 194 valence electrons. The smallest absolute Gasteiger partial charge is 0.406 e. The summed E-state index contributed by atoms with van der Waals surface area (Å²) in [5, 5.41) is 13.4. The molecule has 1 saturated heterocycles. The lowest BCUT2D eigenvalue weighted by Gasteiger charge is -2.27. The molecule has 0 aromatic heterocycles. The molecule has 36 heavy (non-hydrogen) atoms. The number of hydrogen-bond acceptors (Lipinski definition) is 7.